The van der Waals surface area contributed by atoms with Gasteiger partial charge in [-0.3, -0.25) is 15.3 Å². The highest BCUT2D eigenvalue weighted by atomic mass is 32.2. The monoisotopic (exact) mass is 288 g/mol. The van der Waals surface area contributed by atoms with E-state index in [1.54, 1.807) is 0 Å². The minimum Gasteiger partial charge on any atom is -0.365 e. The highest BCUT2D eigenvalue weighted by Crippen LogP contribution is 2.21. The third-order valence-electron chi connectivity index (χ3n) is 2.95. The molecule has 8 nitrogen and oxygen atoms in total. The van der Waals surface area contributed by atoms with E-state index in [1.165, 1.54) is 6.20 Å². The Morgan fingerprint density at radius 3 is 2.95 bits per heavy atom. The summed E-state index contributed by atoms with van der Waals surface area (Å²) >= 11 is 0. The quantitative estimate of drug-likeness (QED) is 0.642. The lowest BCUT2D eigenvalue weighted by molar-refractivity contribution is -0.132. The molecule has 0 aromatic carbocycles. The largest absolute Gasteiger partial charge is 0.365 e. The second-order valence-corrected chi connectivity index (χ2v) is 5.94. The highest BCUT2D eigenvalue weighted by Gasteiger charge is 2.30. The Balaban J connectivity index is 1.88. The molecule has 0 saturated carbocycles. The Morgan fingerprint density at radius 1 is 1.58 bits per heavy atom. The molecule has 1 amide bonds. The van der Waals surface area contributed by atoms with Crippen molar-refractivity contribution in [3.63, 3.8) is 0 Å². The predicted molar refractivity (Wildman–Crippen MR) is 65.2 cm³/mol. The molecule has 2 rings (SSSR count). The van der Waals surface area contributed by atoms with Crippen LogP contribution in [0.2, 0.25) is 0 Å². The second kappa shape index (κ2) is 5.68. The molecule has 0 bridgehead atoms. The number of nitrogens with zero attached hydrogens (tertiary/aromatic N) is 1. The molecule has 19 heavy (non-hydrogen) atoms. The van der Waals surface area contributed by atoms with Crippen LogP contribution in [0.25, 0.3) is 0 Å². The summed E-state index contributed by atoms with van der Waals surface area (Å²) in [7, 11) is -3.79. The number of hydrogen-bond donors (Lipinski definition) is 3. The zero-order chi connectivity index (χ0) is 13.9. The summed E-state index contributed by atoms with van der Waals surface area (Å²) < 4.78 is 28.9. The fourth-order valence-corrected chi connectivity index (χ4v) is 2.59. The number of H-pyrrole nitrogens is 1. The van der Waals surface area contributed by atoms with Gasteiger partial charge in [-0.05, 0) is 19.3 Å². The third-order valence-corrected chi connectivity index (χ3v) is 4.16. The van der Waals surface area contributed by atoms with Gasteiger partial charge in [0, 0.05) is 6.20 Å². The Hall–Kier alpha value is -1.45. The Morgan fingerprint density at radius 2 is 2.37 bits per heavy atom. The maximum atomic E-state index is 11.7. The van der Waals surface area contributed by atoms with Gasteiger partial charge in [0.2, 0.25) is 0 Å². The number of sulfonamides is 1. The van der Waals surface area contributed by atoms with Crippen LogP contribution in [-0.2, 0) is 19.6 Å². The topological polar surface area (TPSA) is 113 Å². The second-order valence-electron chi connectivity index (χ2n) is 4.26. The molecule has 1 saturated heterocycles. The number of carbonyl (C=O) groups excluding carboxylic acids is 1. The molecule has 0 spiro atoms. The van der Waals surface area contributed by atoms with Gasteiger partial charge in [-0.1, -0.05) is 6.92 Å². The van der Waals surface area contributed by atoms with Gasteiger partial charge in [0.25, 0.3) is 15.9 Å². The van der Waals surface area contributed by atoms with Crippen LogP contribution in [0.5, 0.6) is 0 Å². The first kappa shape index (κ1) is 14.0. The summed E-state index contributed by atoms with van der Waals surface area (Å²) in [5.41, 5.74) is 2.15. The fraction of sp³-hybridized carbons (Fsp3) is 0.600. The highest BCUT2D eigenvalue weighted by molar-refractivity contribution is 7.89. The molecule has 1 aliphatic heterocycles. The standard InChI is InChI=1S/C10H16N4O4S/c1-2-7-3-4-9(18-7)10(15)13-14-19(16,17)8-5-11-12-6-8/h5-7,9,14H,2-4H2,1H3,(H,11,12)(H,13,15). The van der Waals surface area contributed by atoms with Crippen LogP contribution in [-0.4, -0.2) is 36.7 Å². The molecule has 0 aliphatic carbocycles. The third kappa shape index (κ3) is 3.31. The molecule has 1 aromatic heterocycles. The van der Waals surface area contributed by atoms with Crippen molar-refractivity contribution in [3.8, 4) is 0 Å². The van der Waals surface area contributed by atoms with Crippen molar-refractivity contribution in [1.82, 2.24) is 20.5 Å². The lowest BCUT2D eigenvalue weighted by Crippen LogP contribution is -2.46. The summed E-state index contributed by atoms with van der Waals surface area (Å²) in [5.74, 6) is -0.483. The van der Waals surface area contributed by atoms with Crippen molar-refractivity contribution in [1.29, 1.82) is 0 Å². The number of aromatic nitrogens is 2. The molecular weight excluding hydrogens is 272 g/mol. The van der Waals surface area contributed by atoms with Crippen molar-refractivity contribution in [2.75, 3.05) is 0 Å². The number of aromatic amines is 1. The summed E-state index contributed by atoms with van der Waals surface area (Å²) in [6.07, 6.45) is 4.07. The fourth-order valence-electron chi connectivity index (χ4n) is 1.84. The number of hydrazine groups is 1. The van der Waals surface area contributed by atoms with E-state index in [1.807, 2.05) is 11.8 Å². The van der Waals surface area contributed by atoms with Crippen LogP contribution in [0.4, 0.5) is 0 Å². The summed E-state index contributed by atoms with van der Waals surface area (Å²) in [6.45, 7) is 1.98. The lowest BCUT2D eigenvalue weighted by atomic mass is 10.1. The van der Waals surface area contributed by atoms with Gasteiger partial charge in [-0.25, -0.2) is 8.42 Å². The van der Waals surface area contributed by atoms with Crippen LogP contribution in [0, 0.1) is 0 Å². The van der Waals surface area contributed by atoms with Gasteiger partial charge in [0.15, 0.2) is 0 Å². The van der Waals surface area contributed by atoms with Gasteiger partial charge in [-0.15, -0.1) is 4.83 Å². The van der Waals surface area contributed by atoms with Crippen LogP contribution in [0.15, 0.2) is 17.3 Å². The number of rotatable bonds is 5. The number of carbonyl (C=O) groups is 1. The average molecular weight is 288 g/mol. The zero-order valence-corrected chi connectivity index (χ0v) is 11.2. The first-order chi connectivity index (χ1) is 9.03. The molecule has 1 aromatic rings. The molecule has 1 fully saturated rings. The van der Waals surface area contributed by atoms with Gasteiger partial charge in [-0.2, -0.15) is 5.10 Å². The van der Waals surface area contributed by atoms with Crippen molar-refractivity contribution in [2.24, 2.45) is 0 Å². The van der Waals surface area contributed by atoms with Crippen LogP contribution < -0.4 is 10.3 Å². The summed E-state index contributed by atoms with van der Waals surface area (Å²) in [4.78, 5) is 13.7. The average Bonchev–Trinajstić information content (AvgIpc) is 3.06. The molecule has 2 unspecified atom stereocenters. The zero-order valence-electron chi connectivity index (χ0n) is 10.4. The van der Waals surface area contributed by atoms with Crippen molar-refractivity contribution < 1.29 is 17.9 Å². The van der Waals surface area contributed by atoms with Gasteiger partial charge < -0.3 is 4.74 Å². The number of ether oxygens (including phenoxy) is 1. The molecule has 0 radical (unpaired) electrons. The first-order valence-corrected chi connectivity index (χ1v) is 7.47. The molecule has 2 heterocycles. The molecule has 106 valence electrons. The van der Waals surface area contributed by atoms with E-state index >= 15 is 0 Å². The maximum Gasteiger partial charge on any atom is 0.264 e. The summed E-state index contributed by atoms with van der Waals surface area (Å²) in [5, 5.41) is 5.92. The van der Waals surface area contributed by atoms with Crippen molar-refractivity contribution in [3.05, 3.63) is 12.4 Å². The maximum absolute atomic E-state index is 11.7. The van der Waals surface area contributed by atoms with E-state index < -0.39 is 22.0 Å². The molecule has 3 N–H and O–H groups in total. The van der Waals surface area contributed by atoms with E-state index in [2.05, 4.69) is 15.6 Å². The van der Waals surface area contributed by atoms with Gasteiger partial charge >= 0.3 is 0 Å². The van der Waals surface area contributed by atoms with E-state index in [-0.39, 0.29) is 11.0 Å². The smallest absolute Gasteiger partial charge is 0.264 e. The van der Waals surface area contributed by atoms with E-state index in [0.717, 1.165) is 19.0 Å². The van der Waals surface area contributed by atoms with Crippen LogP contribution >= 0.6 is 0 Å². The molecular formula is C10H16N4O4S. The Labute approximate surface area is 110 Å². The first-order valence-electron chi connectivity index (χ1n) is 5.99. The van der Waals surface area contributed by atoms with E-state index in [4.69, 9.17) is 4.74 Å². The van der Waals surface area contributed by atoms with Gasteiger partial charge in [0.05, 0.1) is 12.3 Å². The summed E-state index contributed by atoms with van der Waals surface area (Å²) in [6, 6.07) is 0. The SMILES string of the molecule is CCC1CCC(C(=O)NNS(=O)(=O)c2cn[nH]c2)O1. The van der Waals surface area contributed by atoms with E-state index in [0.29, 0.717) is 6.42 Å². The van der Waals surface area contributed by atoms with Crippen molar-refractivity contribution >= 4 is 15.9 Å². The predicted octanol–water partition coefficient (Wildman–Crippen LogP) is -0.323. The minimum absolute atomic E-state index is 0.0495. The molecule has 1 aliphatic rings. The van der Waals surface area contributed by atoms with Crippen LogP contribution in [0.1, 0.15) is 26.2 Å². The number of amides is 1. The normalized spacial score (nSPS) is 23.4. The van der Waals surface area contributed by atoms with Crippen LogP contribution in [0.3, 0.4) is 0 Å². The van der Waals surface area contributed by atoms with E-state index in [9.17, 15) is 13.2 Å². The van der Waals surface area contributed by atoms with Gasteiger partial charge in [0.1, 0.15) is 11.0 Å². The number of nitrogens with one attached hydrogen (secondary N) is 3. The Kier molecular flexibility index (Phi) is 4.17. The Bertz CT molecular complexity index is 528. The molecule has 2 atom stereocenters. The van der Waals surface area contributed by atoms with Crippen molar-refractivity contribution in [2.45, 2.75) is 43.3 Å². The number of hydrogen-bond acceptors (Lipinski definition) is 5. The lowest BCUT2D eigenvalue weighted by Gasteiger charge is -2.13. The minimum atomic E-state index is -3.79. The molecule has 9 heteroatoms.